The normalized spacial score (nSPS) is 17.3. The summed E-state index contributed by atoms with van der Waals surface area (Å²) in [5.41, 5.74) is 1.70. The zero-order valence-electron chi connectivity index (χ0n) is 16.1. The second-order valence-corrected chi connectivity index (χ2v) is 10.4. The number of nitrogens with zero attached hydrogens (tertiary/aromatic N) is 2. The minimum Gasteiger partial charge on any atom is -0.347 e. The first-order valence-electron chi connectivity index (χ1n) is 9.52. The molecule has 0 aliphatic carbocycles. The summed E-state index contributed by atoms with van der Waals surface area (Å²) in [6.45, 7) is 1.81. The van der Waals surface area contributed by atoms with Crippen LogP contribution in [0.2, 0.25) is 0 Å². The number of anilines is 1. The van der Waals surface area contributed by atoms with Gasteiger partial charge in [-0.25, -0.2) is 13.4 Å². The van der Waals surface area contributed by atoms with Crippen molar-refractivity contribution in [3.63, 3.8) is 0 Å². The van der Waals surface area contributed by atoms with Gasteiger partial charge >= 0.3 is 0 Å². The predicted octanol–water partition coefficient (Wildman–Crippen LogP) is 4.16. The number of ketones is 1. The summed E-state index contributed by atoms with van der Waals surface area (Å²) in [6.07, 6.45) is 4.97. The van der Waals surface area contributed by atoms with E-state index in [4.69, 9.17) is 0 Å². The topological polar surface area (TPSA) is 67.3 Å². The van der Waals surface area contributed by atoms with Gasteiger partial charge in [0.05, 0.1) is 16.0 Å². The quantitative estimate of drug-likeness (QED) is 0.573. The lowest BCUT2D eigenvalue weighted by atomic mass is 9.91. The van der Waals surface area contributed by atoms with Crippen molar-refractivity contribution in [2.75, 3.05) is 24.2 Å². The zero-order valence-corrected chi connectivity index (χ0v) is 17.7. The molecular weight excluding hydrogens is 404 g/mol. The molecule has 0 saturated carbocycles. The van der Waals surface area contributed by atoms with E-state index in [1.807, 2.05) is 6.07 Å². The number of rotatable bonds is 5. The van der Waals surface area contributed by atoms with Gasteiger partial charge in [-0.05, 0) is 30.5 Å². The van der Waals surface area contributed by atoms with Gasteiger partial charge < -0.3 is 4.90 Å². The van der Waals surface area contributed by atoms with Crippen molar-refractivity contribution >= 4 is 32.1 Å². The molecule has 1 fully saturated rings. The summed E-state index contributed by atoms with van der Waals surface area (Å²) >= 11 is 1.37. The van der Waals surface area contributed by atoms with Crippen molar-refractivity contribution < 1.29 is 13.2 Å². The smallest absolute Gasteiger partial charge is 0.204 e. The van der Waals surface area contributed by atoms with E-state index >= 15 is 0 Å². The van der Waals surface area contributed by atoms with Crippen molar-refractivity contribution in [1.29, 1.82) is 0 Å². The van der Waals surface area contributed by atoms with Gasteiger partial charge in [0.1, 0.15) is 0 Å². The minimum atomic E-state index is -3.36. The number of thiazole rings is 1. The molecule has 5 nitrogen and oxygen atoms in total. The van der Waals surface area contributed by atoms with Gasteiger partial charge in [0.25, 0.3) is 0 Å². The molecule has 3 aromatic rings. The highest BCUT2D eigenvalue weighted by molar-refractivity contribution is 7.90. The molecule has 7 heteroatoms. The first-order valence-corrected chi connectivity index (χ1v) is 12.2. The SMILES string of the molecule is CS(=O)(=O)c1cccc(C(=O)c2cnc(N3CCC[C@@H](c4ccccc4)C3)s2)c1. The Balaban J connectivity index is 1.53. The molecule has 29 heavy (non-hydrogen) atoms. The Hall–Kier alpha value is -2.51. The second kappa shape index (κ2) is 8.08. The maximum absolute atomic E-state index is 12.9. The number of carbonyl (C=O) groups excluding carboxylic acids is 1. The number of carbonyl (C=O) groups is 1. The highest BCUT2D eigenvalue weighted by Crippen LogP contribution is 2.32. The van der Waals surface area contributed by atoms with Crippen molar-refractivity contribution in [3.05, 3.63) is 76.8 Å². The zero-order chi connectivity index (χ0) is 20.4. The van der Waals surface area contributed by atoms with Crippen LogP contribution in [0.1, 0.15) is 39.6 Å². The number of piperidine rings is 1. The molecule has 1 aromatic heterocycles. The van der Waals surface area contributed by atoms with Crippen molar-refractivity contribution in [1.82, 2.24) is 4.98 Å². The number of sulfone groups is 1. The lowest BCUT2D eigenvalue weighted by Crippen LogP contribution is -2.34. The Morgan fingerprint density at radius 1 is 1.14 bits per heavy atom. The van der Waals surface area contributed by atoms with Crippen molar-refractivity contribution in [3.8, 4) is 0 Å². The van der Waals surface area contributed by atoms with E-state index in [0.29, 0.717) is 16.4 Å². The Kier molecular flexibility index (Phi) is 5.52. The number of benzene rings is 2. The first kappa shape index (κ1) is 19.8. The molecule has 1 aliphatic rings. The molecule has 150 valence electrons. The van der Waals surface area contributed by atoms with Crippen LogP contribution in [0.15, 0.2) is 65.7 Å². The highest BCUT2D eigenvalue weighted by Gasteiger charge is 2.24. The van der Waals surface area contributed by atoms with Crippen molar-refractivity contribution in [2.24, 2.45) is 0 Å². The van der Waals surface area contributed by atoms with Gasteiger partial charge in [-0.15, -0.1) is 0 Å². The molecule has 0 spiro atoms. The summed E-state index contributed by atoms with van der Waals surface area (Å²) in [5, 5.41) is 0.841. The van der Waals surface area contributed by atoms with E-state index in [1.165, 1.54) is 29.0 Å². The monoisotopic (exact) mass is 426 g/mol. The summed E-state index contributed by atoms with van der Waals surface area (Å²) in [7, 11) is -3.36. The van der Waals surface area contributed by atoms with Gasteiger partial charge in [0, 0.05) is 30.8 Å². The highest BCUT2D eigenvalue weighted by atomic mass is 32.2. The molecule has 1 atom stereocenters. The van der Waals surface area contributed by atoms with E-state index in [-0.39, 0.29) is 10.7 Å². The van der Waals surface area contributed by atoms with Gasteiger partial charge in [0.15, 0.2) is 15.0 Å². The summed E-state index contributed by atoms with van der Waals surface area (Å²) < 4.78 is 23.5. The van der Waals surface area contributed by atoms with Crippen LogP contribution in [-0.4, -0.2) is 38.5 Å². The van der Waals surface area contributed by atoms with Crippen LogP contribution in [0.5, 0.6) is 0 Å². The fourth-order valence-corrected chi connectivity index (χ4v) is 5.25. The molecule has 0 amide bonds. The van der Waals surface area contributed by atoms with Crippen LogP contribution in [0.3, 0.4) is 0 Å². The minimum absolute atomic E-state index is 0.148. The van der Waals surface area contributed by atoms with Crippen LogP contribution < -0.4 is 4.90 Å². The summed E-state index contributed by atoms with van der Waals surface area (Å²) in [5.74, 6) is 0.260. The van der Waals surface area contributed by atoms with E-state index in [1.54, 1.807) is 18.3 Å². The molecule has 1 aliphatic heterocycles. The maximum Gasteiger partial charge on any atom is 0.204 e. The Morgan fingerprint density at radius 2 is 1.93 bits per heavy atom. The molecule has 4 rings (SSSR count). The van der Waals surface area contributed by atoms with Gasteiger partial charge in [-0.3, -0.25) is 4.79 Å². The Morgan fingerprint density at radius 3 is 2.69 bits per heavy atom. The van der Waals surface area contributed by atoms with Gasteiger partial charge in [-0.1, -0.05) is 53.8 Å². The maximum atomic E-state index is 12.9. The molecule has 0 N–H and O–H groups in total. The van der Waals surface area contributed by atoms with Crippen LogP contribution in [0, 0.1) is 0 Å². The Labute approximate surface area is 175 Å². The Bertz CT molecular complexity index is 1120. The third kappa shape index (κ3) is 4.41. The molecule has 0 radical (unpaired) electrons. The van der Waals surface area contributed by atoms with E-state index < -0.39 is 9.84 Å². The molecule has 0 unspecified atom stereocenters. The van der Waals surface area contributed by atoms with E-state index in [0.717, 1.165) is 37.3 Å². The molecule has 2 aromatic carbocycles. The molecule has 2 heterocycles. The largest absolute Gasteiger partial charge is 0.347 e. The first-order chi connectivity index (χ1) is 13.9. The predicted molar refractivity (Wildman–Crippen MR) is 116 cm³/mol. The van der Waals surface area contributed by atoms with E-state index in [2.05, 4.69) is 34.1 Å². The van der Waals surface area contributed by atoms with E-state index in [9.17, 15) is 13.2 Å². The lowest BCUT2D eigenvalue weighted by molar-refractivity contribution is 0.104. The third-order valence-corrected chi connectivity index (χ3v) is 7.37. The van der Waals surface area contributed by atoms with Gasteiger partial charge in [0.2, 0.25) is 5.78 Å². The lowest BCUT2D eigenvalue weighted by Gasteiger charge is -2.32. The molecule has 0 bridgehead atoms. The average molecular weight is 427 g/mol. The summed E-state index contributed by atoms with van der Waals surface area (Å²) in [6, 6.07) is 16.7. The van der Waals surface area contributed by atoms with Crippen LogP contribution >= 0.6 is 11.3 Å². The number of aromatic nitrogens is 1. The van der Waals surface area contributed by atoms with Crippen LogP contribution in [0.25, 0.3) is 0 Å². The number of hydrogen-bond acceptors (Lipinski definition) is 6. The van der Waals surface area contributed by atoms with Crippen LogP contribution in [0.4, 0.5) is 5.13 Å². The fraction of sp³-hybridized carbons (Fsp3) is 0.273. The van der Waals surface area contributed by atoms with Crippen molar-refractivity contribution in [2.45, 2.75) is 23.7 Å². The standard InChI is InChI=1S/C22H22N2O3S2/c1-29(26,27)19-11-5-9-17(13-19)21(25)20-14-23-22(28-20)24-12-6-10-18(15-24)16-7-3-2-4-8-16/h2-5,7-9,11,13-14,18H,6,10,12,15H2,1H3/t18-/m1/s1. The van der Waals surface area contributed by atoms with Gasteiger partial charge in [-0.2, -0.15) is 0 Å². The second-order valence-electron chi connectivity index (χ2n) is 7.33. The summed E-state index contributed by atoms with van der Waals surface area (Å²) in [4.78, 5) is 20.3. The molecule has 1 saturated heterocycles. The van der Waals surface area contributed by atoms with Crippen LogP contribution in [-0.2, 0) is 9.84 Å². The molecular formula is C22H22N2O3S2. The third-order valence-electron chi connectivity index (χ3n) is 5.20. The number of hydrogen-bond donors (Lipinski definition) is 0. The fourth-order valence-electron chi connectivity index (χ4n) is 3.67. The average Bonchev–Trinajstić information content (AvgIpc) is 3.24.